The molecule has 5 nitrogen and oxygen atoms in total. The third-order valence-corrected chi connectivity index (χ3v) is 4.16. The molecule has 2 amide bonds. The van der Waals surface area contributed by atoms with Crippen molar-refractivity contribution in [3.05, 3.63) is 35.9 Å². The minimum Gasteiger partial charge on any atom is -0.383 e. The number of hydrogen-bond donors (Lipinski definition) is 3. The average Bonchev–Trinajstić information content (AvgIpc) is 3.37. The van der Waals surface area contributed by atoms with E-state index in [0.29, 0.717) is 0 Å². The number of aliphatic hydroxyl groups is 1. The summed E-state index contributed by atoms with van der Waals surface area (Å²) in [5.41, 5.74) is -0.299. The Morgan fingerprint density at radius 2 is 1.76 bits per heavy atom. The third-order valence-electron chi connectivity index (χ3n) is 4.16. The Labute approximate surface area is 123 Å². The van der Waals surface area contributed by atoms with Gasteiger partial charge in [0.2, 0.25) is 0 Å². The van der Waals surface area contributed by atoms with Crippen molar-refractivity contribution in [1.29, 1.82) is 0 Å². The largest absolute Gasteiger partial charge is 0.383 e. The Bertz CT molecular complexity index is 538. The van der Waals surface area contributed by atoms with Gasteiger partial charge < -0.3 is 15.7 Å². The summed E-state index contributed by atoms with van der Waals surface area (Å²) < 4.78 is 0. The Morgan fingerprint density at radius 3 is 2.33 bits per heavy atom. The molecule has 0 saturated heterocycles. The molecular formula is C16H20N2O3. The molecule has 2 saturated carbocycles. The first-order valence-electron chi connectivity index (χ1n) is 7.46. The lowest BCUT2D eigenvalue weighted by molar-refractivity contribution is -0.140. The van der Waals surface area contributed by atoms with Crippen LogP contribution in [0.4, 0.5) is 0 Å². The van der Waals surface area contributed by atoms with Gasteiger partial charge in [-0.05, 0) is 37.2 Å². The van der Waals surface area contributed by atoms with E-state index in [1.807, 2.05) is 30.3 Å². The Balaban J connectivity index is 1.63. The second-order valence-electron chi connectivity index (χ2n) is 5.99. The highest BCUT2D eigenvalue weighted by atomic mass is 16.3. The zero-order valence-electron chi connectivity index (χ0n) is 11.8. The first kappa shape index (κ1) is 14.1. The van der Waals surface area contributed by atoms with Crippen LogP contribution in [0.25, 0.3) is 0 Å². The van der Waals surface area contributed by atoms with Crippen molar-refractivity contribution in [2.45, 2.75) is 37.3 Å². The number of hydrogen-bond acceptors (Lipinski definition) is 3. The van der Waals surface area contributed by atoms with Crippen molar-refractivity contribution in [2.75, 3.05) is 6.54 Å². The summed E-state index contributed by atoms with van der Waals surface area (Å²) in [4.78, 5) is 23.4. The first-order chi connectivity index (χ1) is 10.1. The molecule has 1 atom stereocenters. The van der Waals surface area contributed by atoms with Crippen molar-refractivity contribution in [3.8, 4) is 0 Å². The Morgan fingerprint density at radius 1 is 1.10 bits per heavy atom. The summed E-state index contributed by atoms with van der Waals surface area (Å²) in [6.07, 6.45) is 3.76. The van der Waals surface area contributed by atoms with Crippen LogP contribution in [-0.2, 0) is 15.2 Å². The van der Waals surface area contributed by atoms with Gasteiger partial charge in [0.1, 0.15) is 5.60 Å². The van der Waals surface area contributed by atoms with Crippen LogP contribution in [0.1, 0.15) is 31.2 Å². The molecule has 0 aromatic heterocycles. The van der Waals surface area contributed by atoms with Crippen LogP contribution in [0.2, 0.25) is 0 Å². The van der Waals surface area contributed by atoms with E-state index in [4.69, 9.17) is 0 Å². The molecule has 1 aromatic rings. The molecular weight excluding hydrogens is 268 g/mol. The Kier molecular flexibility index (Phi) is 3.68. The molecule has 0 bridgehead atoms. The van der Waals surface area contributed by atoms with E-state index in [2.05, 4.69) is 10.6 Å². The summed E-state index contributed by atoms with van der Waals surface area (Å²) in [5, 5.41) is 16.1. The summed E-state index contributed by atoms with van der Waals surface area (Å²) in [6.45, 7) is 0.0681. The number of carbonyl (C=O) groups is 2. The Hall–Kier alpha value is -1.88. The quantitative estimate of drug-likeness (QED) is 0.697. The molecule has 5 heteroatoms. The molecule has 2 aliphatic rings. The van der Waals surface area contributed by atoms with Crippen LogP contribution in [0.3, 0.4) is 0 Å². The molecule has 112 valence electrons. The first-order valence-corrected chi connectivity index (χ1v) is 7.46. The summed E-state index contributed by atoms with van der Waals surface area (Å²) in [5.74, 6) is -1.13. The van der Waals surface area contributed by atoms with Gasteiger partial charge in [-0.1, -0.05) is 30.3 Å². The minimum atomic E-state index is -1.09. The van der Waals surface area contributed by atoms with Gasteiger partial charge in [0.05, 0.1) is 6.54 Å². The van der Waals surface area contributed by atoms with Gasteiger partial charge >= 0.3 is 11.8 Å². The van der Waals surface area contributed by atoms with Crippen LogP contribution in [0, 0.1) is 5.92 Å². The van der Waals surface area contributed by atoms with E-state index in [1.54, 1.807) is 0 Å². The van der Waals surface area contributed by atoms with Gasteiger partial charge in [0.15, 0.2) is 0 Å². The summed E-state index contributed by atoms with van der Waals surface area (Å²) >= 11 is 0. The maximum Gasteiger partial charge on any atom is 0.309 e. The van der Waals surface area contributed by atoms with Gasteiger partial charge in [-0.2, -0.15) is 0 Å². The SMILES string of the molecule is O=C(NCC(O)(c1ccccc1)C1CC1)C(=O)NC1CC1. The number of rotatable bonds is 5. The molecule has 2 aliphatic carbocycles. The number of carbonyl (C=O) groups excluding carboxylic acids is 2. The fraction of sp³-hybridized carbons (Fsp3) is 0.500. The molecule has 3 N–H and O–H groups in total. The zero-order chi connectivity index (χ0) is 14.9. The van der Waals surface area contributed by atoms with Crippen molar-refractivity contribution >= 4 is 11.8 Å². The van der Waals surface area contributed by atoms with Crippen molar-refractivity contribution in [1.82, 2.24) is 10.6 Å². The van der Waals surface area contributed by atoms with E-state index in [-0.39, 0.29) is 18.5 Å². The zero-order valence-corrected chi connectivity index (χ0v) is 11.8. The highest BCUT2D eigenvalue weighted by Gasteiger charge is 2.45. The molecule has 0 radical (unpaired) electrons. The van der Waals surface area contributed by atoms with E-state index < -0.39 is 17.4 Å². The van der Waals surface area contributed by atoms with E-state index in [9.17, 15) is 14.7 Å². The normalized spacial score (nSPS) is 20.4. The molecule has 1 aromatic carbocycles. The smallest absolute Gasteiger partial charge is 0.309 e. The van der Waals surface area contributed by atoms with Crippen molar-refractivity contribution in [2.24, 2.45) is 5.92 Å². The fourth-order valence-electron chi connectivity index (χ4n) is 2.54. The maximum atomic E-state index is 11.8. The van der Waals surface area contributed by atoms with Gasteiger partial charge in [0.25, 0.3) is 0 Å². The highest BCUT2D eigenvalue weighted by Crippen LogP contribution is 2.45. The second-order valence-corrected chi connectivity index (χ2v) is 5.99. The lowest BCUT2D eigenvalue weighted by Crippen LogP contribution is -2.47. The van der Waals surface area contributed by atoms with Crippen LogP contribution in [0.5, 0.6) is 0 Å². The predicted molar refractivity (Wildman–Crippen MR) is 77.2 cm³/mol. The van der Waals surface area contributed by atoms with E-state index >= 15 is 0 Å². The fourth-order valence-corrected chi connectivity index (χ4v) is 2.54. The van der Waals surface area contributed by atoms with E-state index in [0.717, 1.165) is 31.2 Å². The number of nitrogens with one attached hydrogen (secondary N) is 2. The highest BCUT2D eigenvalue weighted by molar-refractivity contribution is 6.35. The van der Waals surface area contributed by atoms with Crippen LogP contribution in [-0.4, -0.2) is 29.5 Å². The van der Waals surface area contributed by atoms with Crippen LogP contribution in [0.15, 0.2) is 30.3 Å². The lowest BCUT2D eigenvalue weighted by atomic mass is 9.88. The van der Waals surface area contributed by atoms with Gasteiger partial charge in [0, 0.05) is 6.04 Å². The third kappa shape index (κ3) is 3.24. The van der Waals surface area contributed by atoms with Crippen LogP contribution < -0.4 is 10.6 Å². The van der Waals surface area contributed by atoms with Crippen LogP contribution >= 0.6 is 0 Å². The average molecular weight is 288 g/mol. The number of benzene rings is 1. The van der Waals surface area contributed by atoms with E-state index in [1.165, 1.54) is 0 Å². The lowest BCUT2D eigenvalue weighted by Gasteiger charge is -2.29. The molecule has 0 heterocycles. The molecule has 3 rings (SSSR count). The monoisotopic (exact) mass is 288 g/mol. The summed E-state index contributed by atoms with van der Waals surface area (Å²) in [6, 6.07) is 9.48. The second kappa shape index (κ2) is 5.48. The maximum absolute atomic E-state index is 11.8. The predicted octanol–water partition coefficient (Wildman–Crippen LogP) is 0.679. The van der Waals surface area contributed by atoms with Gasteiger partial charge in [-0.15, -0.1) is 0 Å². The van der Waals surface area contributed by atoms with Crippen molar-refractivity contribution < 1.29 is 14.7 Å². The van der Waals surface area contributed by atoms with Gasteiger partial charge in [-0.3, -0.25) is 9.59 Å². The summed E-state index contributed by atoms with van der Waals surface area (Å²) in [7, 11) is 0. The standard InChI is InChI=1S/C16H20N2O3/c19-14(15(20)18-13-8-9-13)17-10-16(21,12-6-7-12)11-4-2-1-3-5-11/h1-5,12-13,21H,6-10H2,(H,17,19)(H,18,20). The molecule has 1 unspecified atom stereocenters. The molecule has 0 spiro atoms. The molecule has 0 aliphatic heterocycles. The molecule has 2 fully saturated rings. The topological polar surface area (TPSA) is 78.4 Å². The van der Waals surface area contributed by atoms with Crippen molar-refractivity contribution in [3.63, 3.8) is 0 Å². The minimum absolute atomic E-state index is 0.0681. The van der Waals surface area contributed by atoms with Gasteiger partial charge in [-0.25, -0.2) is 0 Å². The molecule has 21 heavy (non-hydrogen) atoms. The number of amides is 2.